The van der Waals surface area contributed by atoms with E-state index in [9.17, 15) is 14.4 Å². The van der Waals surface area contributed by atoms with E-state index in [1.165, 1.54) is 5.56 Å². The van der Waals surface area contributed by atoms with Crippen molar-refractivity contribution in [3.63, 3.8) is 0 Å². The Balaban J connectivity index is 1.56. The van der Waals surface area contributed by atoms with Gasteiger partial charge in [0.25, 0.3) is 11.8 Å². The normalized spacial score (nSPS) is 15.2. The summed E-state index contributed by atoms with van der Waals surface area (Å²) in [7, 11) is 0. The van der Waals surface area contributed by atoms with Gasteiger partial charge in [-0.05, 0) is 50.3 Å². The second-order valence-electron chi connectivity index (χ2n) is 11.1. The van der Waals surface area contributed by atoms with Crippen LogP contribution in [0, 0.1) is 12.8 Å². The van der Waals surface area contributed by atoms with Crippen molar-refractivity contribution in [1.82, 2.24) is 19.8 Å². The number of carbonyl (C=O) groups excluding carboxylic acids is 3. The summed E-state index contributed by atoms with van der Waals surface area (Å²) >= 11 is 0. The van der Waals surface area contributed by atoms with E-state index in [-0.39, 0.29) is 41.6 Å². The van der Waals surface area contributed by atoms with Gasteiger partial charge in [0.05, 0.1) is 12.3 Å². The molecule has 8 nitrogen and oxygen atoms in total. The summed E-state index contributed by atoms with van der Waals surface area (Å²) in [6, 6.07) is 17.0. The van der Waals surface area contributed by atoms with Crippen LogP contribution in [-0.4, -0.2) is 69.8 Å². The Morgan fingerprint density at radius 2 is 1.68 bits per heavy atom. The second kappa shape index (κ2) is 13.5. The number of unbranched alkanes of at least 4 members (excludes halogenated alkanes) is 1. The minimum atomic E-state index is -0.608. The van der Waals surface area contributed by atoms with Crippen LogP contribution in [0.2, 0.25) is 0 Å². The molecule has 0 N–H and O–H groups in total. The first kappa shape index (κ1) is 29.9. The molecule has 216 valence electrons. The molecule has 41 heavy (non-hydrogen) atoms. The summed E-state index contributed by atoms with van der Waals surface area (Å²) in [5.74, 6) is -0.515. The number of amides is 2. The van der Waals surface area contributed by atoms with Gasteiger partial charge in [-0.3, -0.25) is 9.59 Å². The minimum absolute atomic E-state index is 0.0275. The second-order valence-corrected chi connectivity index (χ2v) is 11.1. The molecule has 1 atom stereocenters. The van der Waals surface area contributed by atoms with Gasteiger partial charge in [-0.25, -0.2) is 14.8 Å². The number of aromatic nitrogens is 2. The molecule has 0 radical (unpaired) electrons. The Kier molecular flexibility index (Phi) is 9.86. The number of esters is 1. The fourth-order valence-electron chi connectivity index (χ4n) is 4.96. The molecule has 1 aliphatic rings. The van der Waals surface area contributed by atoms with Gasteiger partial charge >= 0.3 is 5.97 Å². The molecule has 4 rings (SSSR count). The van der Waals surface area contributed by atoms with Gasteiger partial charge in [0, 0.05) is 36.8 Å². The maximum atomic E-state index is 13.9. The van der Waals surface area contributed by atoms with Gasteiger partial charge in [-0.1, -0.05) is 69.7 Å². The number of carbonyl (C=O) groups is 3. The number of aryl methyl sites for hydroxylation is 2. The number of piperazine rings is 1. The third kappa shape index (κ3) is 7.17. The van der Waals surface area contributed by atoms with E-state index in [2.05, 4.69) is 16.9 Å². The third-order valence-corrected chi connectivity index (χ3v) is 7.27. The quantitative estimate of drug-likeness (QED) is 0.319. The first-order valence-corrected chi connectivity index (χ1v) is 14.5. The van der Waals surface area contributed by atoms with Crippen LogP contribution >= 0.6 is 0 Å². The van der Waals surface area contributed by atoms with Crippen molar-refractivity contribution in [3.05, 3.63) is 82.7 Å². The lowest BCUT2D eigenvalue weighted by atomic mass is 10.0. The van der Waals surface area contributed by atoms with Crippen molar-refractivity contribution < 1.29 is 19.1 Å². The number of hydrogen-bond acceptors (Lipinski definition) is 6. The molecule has 0 aliphatic carbocycles. The zero-order valence-corrected chi connectivity index (χ0v) is 24.7. The number of rotatable bonds is 9. The van der Waals surface area contributed by atoms with Gasteiger partial charge in [0.1, 0.15) is 11.3 Å². The Labute approximate surface area is 242 Å². The predicted octanol–water partition coefficient (Wildman–Crippen LogP) is 5.59. The van der Waals surface area contributed by atoms with Crippen molar-refractivity contribution in [2.45, 2.75) is 59.9 Å². The van der Waals surface area contributed by atoms with E-state index in [1.807, 2.05) is 80.3 Å². The van der Waals surface area contributed by atoms with Crippen molar-refractivity contribution in [3.8, 4) is 11.4 Å². The summed E-state index contributed by atoms with van der Waals surface area (Å²) in [6.07, 6.45) is 3.25. The average molecular weight is 557 g/mol. The lowest BCUT2D eigenvalue weighted by molar-refractivity contribution is 0.0399. The number of nitrogens with zero attached hydrogens (tertiary/aromatic N) is 4. The van der Waals surface area contributed by atoms with Crippen LogP contribution < -0.4 is 0 Å². The van der Waals surface area contributed by atoms with Crippen LogP contribution in [0.4, 0.5) is 0 Å². The molecular formula is C33H40N4O4. The summed E-state index contributed by atoms with van der Waals surface area (Å²) in [5, 5.41) is 0. The maximum absolute atomic E-state index is 13.9. The molecule has 2 aromatic carbocycles. The topological polar surface area (TPSA) is 92.7 Å². The van der Waals surface area contributed by atoms with E-state index >= 15 is 0 Å². The highest BCUT2D eigenvalue weighted by atomic mass is 16.5. The fourth-order valence-corrected chi connectivity index (χ4v) is 4.96. The minimum Gasteiger partial charge on any atom is -0.462 e. The van der Waals surface area contributed by atoms with E-state index in [1.54, 1.807) is 11.8 Å². The molecule has 1 unspecified atom stereocenters. The summed E-state index contributed by atoms with van der Waals surface area (Å²) in [6.45, 7) is 11.0. The van der Waals surface area contributed by atoms with Crippen molar-refractivity contribution in [1.29, 1.82) is 0 Å². The molecule has 0 spiro atoms. The Hall–Kier alpha value is -4.07. The highest BCUT2D eigenvalue weighted by Crippen LogP contribution is 2.23. The zero-order chi connectivity index (χ0) is 29.5. The average Bonchev–Trinajstić information content (AvgIpc) is 2.98. The molecule has 2 heterocycles. The molecule has 1 aliphatic heterocycles. The molecule has 8 heteroatoms. The van der Waals surface area contributed by atoms with E-state index in [0.29, 0.717) is 36.7 Å². The summed E-state index contributed by atoms with van der Waals surface area (Å²) in [5.41, 5.74) is 3.12. The van der Waals surface area contributed by atoms with E-state index in [0.717, 1.165) is 24.8 Å². The van der Waals surface area contributed by atoms with Crippen LogP contribution in [0.5, 0.6) is 0 Å². The van der Waals surface area contributed by atoms with Gasteiger partial charge in [0.15, 0.2) is 5.82 Å². The van der Waals surface area contributed by atoms with Crippen LogP contribution in [-0.2, 0) is 11.2 Å². The highest BCUT2D eigenvalue weighted by Gasteiger charge is 2.34. The molecule has 0 bridgehead atoms. The van der Waals surface area contributed by atoms with Crippen LogP contribution in [0.1, 0.15) is 83.0 Å². The van der Waals surface area contributed by atoms with Crippen LogP contribution in [0.3, 0.4) is 0 Å². The molecule has 1 aromatic heterocycles. The van der Waals surface area contributed by atoms with Crippen LogP contribution in [0.25, 0.3) is 11.4 Å². The molecule has 2 amide bonds. The molecule has 0 saturated carbocycles. The van der Waals surface area contributed by atoms with Crippen molar-refractivity contribution in [2.24, 2.45) is 5.92 Å². The van der Waals surface area contributed by atoms with Crippen molar-refractivity contribution >= 4 is 17.8 Å². The van der Waals surface area contributed by atoms with Gasteiger partial charge in [0.2, 0.25) is 0 Å². The third-order valence-electron chi connectivity index (χ3n) is 7.27. The lowest BCUT2D eigenvalue weighted by Gasteiger charge is -2.40. The van der Waals surface area contributed by atoms with Crippen LogP contribution in [0.15, 0.2) is 54.6 Å². The summed E-state index contributed by atoms with van der Waals surface area (Å²) in [4.78, 5) is 53.0. The predicted molar refractivity (Wildman–Crippen MR) is 159 cm³/mol. The maximum Gasteiger partial charge on any atom is 0.342 e. The molecule has 3 aromatic rings. The smallest absolute Gasteiger partial charge is 0.342 e. The number of benzene rings is 2. The standard InChI is InChI=1S/C33H40N4O4/c1-6-7-11-25-14-16-27(17-15-25)31(38)37-19-18-36(20-23(37)4)32(39)29-28(33(40)41-21-22(2)3)24(5)34-30(35-29)26-12-9-8-10-13-26/h8-10,12-17,22-23H,6-7,11,18-21H2,1-5H3. The zero-order valence-electron chi connectivity index (χ0n) is 24.7. The molecule has 1 saturated heterocycles. The fraction of sp³-hybridized carbons (Fsp3) is 0.424. The molecule has 1 fully saturated rings. The highest BCUT2D eigenvalue weighted by molar-refractivity contribution is 6.05. The van der Waals surface area contributed by atoms with Gasteiger partial charge < -0.3 is 14.5 Å². The van der Waals surface area contributed by atoms with Gasteiger partial charge in [-0.15, -0.1) is 0 Å². The SMILES string of the molecule is CCCCc1ccc(C(=O)N2CCN(C(=O)c3nc(-c4ccccc4)nc(C)c3C(=O)OCC(C)C)CC2C)cc1. The number of hydrogen-bond donors (Lipinski definition) is 0. The first-order valence-electron chi connectivity index (χ1n) is 14.5. The summed E-state index contributed by atoms with van der Waals surface area (Å²) < 4.78 is 5.50. The largest absolute Gasteiger partial charge is 0.462 e. The number of ether oxygens (including phenoxy) is 1. The Bertz CT molecular complexity index is 1370. The molecular weight excluding hydrogens is 516 g/mol. The first-order chi connectivity index (χ1) is 19.7. The Morgan fingerprint density at radius 3 is 2.32 bits per heavy atom. The Morgan fingerprint density at radius 1 is 0.976 bits per heavy atom. The van der Waals surface area contributed by atoms with Gasteiger partial charge in [-0.2, -0.15) is 0 Å². The monoisotopic (exact) mass is 556 g/mol. The van der Waals surface area contributed by atoms with E-state index < -0.39 is 5.97 Å². The van der Waals surface area contributed by atoms with Crippen molar-refractivity contribution in [2.75, 3.05) is 26.2 Å². The lowest BCUT2D eigenvalue weighted by Crippen LogP contribution is -2.55. The van der Waals surface area contributed by atoms with E-state index in [4.69, 9.17) is 4.74 Å².